The molecular weight excluding hydrogens is 348 g/mol. The maximum absolute atomic E-state index is 12.8. The van der Waals surface area contributed by atoms with Crippen LogP contribution >= 0.6 is 0 Å². The van der Waals surface area contributed by atoms with Gasteiger partial charge in [0.2, 0.25) is 15.9 Å². The zero-order chi connectivity index (χ0) is 18.2. The smallest absolute Gasteiger partial charge is 0.243 e. The molecule has 2 heterocycles. The van der Waals surface area contributed by atoms with Gasteiger partial charge >= 0.3 is 0 Å². The number of hydrogen-bond donors (Lipinski definition) is 1. The lowest BCUT2D eigenvalue weighted by Gasteiger charge is -2.38. The second-order valence-corrected chi connectivity index (χ2v) is 9.09. The van der Waals surface area contributed by atoms with Crippen molar-refractivity contribution in [2.75, 3.05) is 13.1 Å². The highest BCUT2D eigenvalue weighted by atomic mass is 32.2. The number of carbonyl (C=O) groups excluding carboxylic acids is 1. The van der Waals surface area contributed by atoms with Crippen molar-refractivity contribution in [2.24, 2.45) is 0 Å². The number of sulfonamides is 1. The van der Waals surface area contributed by atoms with Gasteiger partial charge in [-0.2, -0.15) is 4.31 Å². The highest BCUT2D eigenvalue weighted by Gasteiger charge is 2.47. The predicted octanol–water partition coefficient (Wildman–Crippen LogP) is 2.51. The maximum atomic E-state index is 12.8. The molecule has 0 aromatic heterocycles. The molecule has 1 atom stereocenters. The fourth-order valence-corrected chi connectivity index (χ4v) is 5.53. The molecule has 1 N–H and O–H groups in total. The second-order valence-electron chi connectivity index (χ2n) is 7.15. The van der Waals surface area contributed by atoms with Crippen LogP contribution in [0.1, 0.15) is 30.7 Å². The van der Waals surface area contributed by atoms with Gasteiger partial charge < -0.3 is 5.32 Å². The van der Waals surface area contributed by atoms with Crippen molar-refractivity contribution in [3.8, 4) is 0 Å². The molecule has 2 aliphatic rings. The number of nitrogens with one attached hydrogen (secondary N) is 1. The molecule has 26 heavy (non-hydrogen) atoms. The lowest BCUT2D eigenvalue weighted by Crippen LogP contribution is -2.52. The Kier molecular flexibility index (Phi) is 4.32. The number of benzene rings is 2. The monoisotopic (exact) mass is 370 g/mol. The van der Waals surface area contributed by atoms with Gasteiger partial charge in [-0.15, -0.1) is 0 Å². The van der Waals surface area contributed by atoms with Crippen LogP contribution in [0.4, 0.5) is 0 Å². The molecule has 2 saturated heterocycles. The largest absolute Gasteiger partial charge is 0.350 e. The molecule has 5 nitrogen and oxygen atoms in total. The van der Waals surface area contributed by atoms with Crippen LogP contribution in [0.15, 0.2) is 65.6 Å². The molecule has 2 fully saturated rings. The standard InChI is InChI=1S/C20H22N2O3S/c23-19-18(16-7-3-1-4-8-16)15-20(21-19)11-13-22(14-12-20)26(24,25)17-9-5-2-6-10-17/h1-10,18H,11-15H2,(H,21,23)/t18-/m1/s1. The van der Waals surface area contributed by atoms with E-state index in [2.05, 4.69) is 5.32 Å². The molecule has 0 bridgehead atoms. The topological polar surface area (TPSA) is 66.5 Å². The van der Waals surface area contributed by atoms with E-state index in [0.29, 0.717) is 30.8 Å². The van der Waals surface area contributed by atoms with E-state index in [-0.39, 0.29) is 17.4 Å². The van der Waals surface area contributed by atoms with Crippen LogP contribution in [0.2, 0.25) is 0 Å². The summed E-state index contributed by atoms with van der Waals surface area (Å²) in [6.45, 7) is 0.859. The Morgan fingerprint density at radius 2 is 1.50 bits per heavy atom. The Bertz CT molecular complexity index is 889. The van der Waals surface area contributed by atoms with Crippen molar-refractivity contribution < 1.29 is 13.2 Å². The van der Waals surface area contributed by atoms with Gasteiger partial charge in [-0.25, -0.2) is 8.42 Å². The molecule has 2 aromatic carbocycles. The number of amides is 1. The lowest BCUT2D eigenvalue weighted by molar-refractivity contribution is -0.121. The van der Waals surface area contributed by atoms with Crippen LogP contribution in [0.5, 0.6) is 0 Å². The van der Waals surface area contributed by atoms with Gasteiger partial charge in [0.1, 0.15) is 0 Å². The zero-order valence-corrected chi connectivity index (χ0v) is 15.3. The van der Waals surface area contributed by atoms with Crippen LogP contribution in [0.3, 0.4) is 0 Å². The van der Waals surface area contributed by atoms with E-state index < -0.39 is 10.0 Å². The molecule has 0 aliphatic carbocycles. The Labute approximate surface area is 154 Å². The summed E-state index contributed by atoms with van der Waals surface area (Å²) in [7, 11) is -3.47. The first kappa shape index (κ1) is 17.2. The van der Waals surface area contributed by atoms with Gasteiger partial charge in [0, 0.05) is 18.6 Å². The fraction of sp³-hybridized carbons (Fsp3) is 0.350. The van der Waals surface area contributed by atoms with Gasteiger partial charge in [0.05, 0.1) is 10.8 Å². The first-order chi connectivity index (χ1) is 12.5. The van der Waals surface area contributed by atoms with Crippen molar-refractivity contribution in [3.05, 3.63) is 66.2 Å². The molecule has 1 amide bonds. The van der Waals surface area contributed by atoms with Crippen LogP contribution in [-0.2, 0) is 14.8 Å². The van der Waals surface area contributed by atoms with Crippen LogP contribution in [0, 0.1) is 0 Å². The molecule has 2 aliphatic heterocycles. The maximum Gasteiger partial charge on any atom is 0.243 e. The number of nitrogens with zero attached hydrogens (tertiary/aromatic N) is 1. The molecule has 4 rings (SSSR count). The molecule has 0 saturated carbocycles. The Morgan fingerprint density at radius 1 is 0.923 bits per heavy atom. The van der Waals surface area contributed by atoms with Crippen molar-refractivity contribution in [1.29, 1.82) is 0 Å². The summed E-state index contributed by atoms with van der Waals surface area (Å²) in [6, 6.07) is 18.3. The Morgan fingerprint density at radius 3 is 2.12 bits per heavy atom. The Balaban J connectivity index is 1.48. The zero-order valence-electron chi connectivity index (χ0n) is 14.5. The summed E-state index contributed by atoms with van der Waals surface area (Å²) < 4.78 is 27.1. The van der Waals surface area contributed by atoms with E-state index in [0.717, 1.165) is 12.0 Å². The van der Waals surface area contributed by atoms with E-state index >= 15 is 0 Å². The molecule has 0 unspecified atom stereocenters. The van der Waals surface area contributed by atoms with Crippen molar-refractivity contribution in [1.82, 2.24) is 9.62 Å². The average Bonchev–Trinajstić information content (AvgIpc) is 2.99. The van der Waals surface area contributed by atoms with Gasteiger partial charge in [-0.05, 0) is 37.0 Å². The molecule has 1 spiro atoms. The minimum absolute atomic E-state index is 0.0515. The summed E-state index contributed by atoms with van der Waals surface area (Å²) >= 11 is 0. The number of piperidine rings is 1. The van der Waals surface area contributed by atoms with E-state index in [1.807, 2.05) is 36.4 Å². The molecule has 136 valence electrons. The lowest BCUT2D eigenvalue weighted by atomic mass is 9.82. The summed E-state index contributed by atoms with van der Waals surface area (Å²) in [5, 5.41) is 3.17. The number of rotatable bonds is 3. The average molecular weight is 370 g/mol. The van der Waals surface area contributed by atoms with Gasteiger partial charge in [0.15, 0.2) is 0 Å². The molecule has 6 heteroatoms. The van der Waals surface area contributed by atoms with Crippen LogP contribution in [0.25, 0.3) is 0 Å². The van der Waals surface area contributed by atoms with Crippen LogP contribution < -0.4 is 5.32 Å². The summed E-state index contributed by atoms with van der Waals surface area (Å²) in [5.74, 6) is -0.0935. The van der Waals surface area contributed by atoms with Crippen LogP contribution in [-0.4, -0.2) is 37.3 Å². The summed E-state index contributed by atoms with van der Waals surface area (Å²) in [6.07, 6.45) is 2.03. The van der Waals surface area contributed by atoms with E-state index in [1.165, 1.54) is 4.31 Å². The van der Waals surface area contributed by atoms with E-state index in [9.17, 15) is 13.2 Å². The van der Waals surface area contributed by atoms with Gasteiger partial charge in [-0.1, -0.05) is 48.5 Å². The normalized spacial score (nSPS) is 23.1. The Hall–Kier alpha value is -2.18. The van der Waals surface area contributed by atoms with Gasteiger partial charge in [0.25, 0.3) is 0 Å². The first-order valence-electron chi connectivity index (χ1n) is 8.92. The molecule has 2 aromatic rings. The first-order valence-corrected chi connectivity index (χ1v) is 10.4. The molecule has 0 radical (unpaired) electrons. The van der Waals surface area contributed by atoms with E-state index in [1.54, 1.807) is 24.3 Å². The minimum Gasteiger partial charge on any atom is -0.350 e. The quantitative estimate of drug-likeness (QED) is 0.903. The van der Waals surface area contributed by atoms with Gasteiger partial charge in [-0.3, -0.25) is 4.79 Å². The highest BCUT2D eigenvalue weighted by Crippen LogP contribution is 2.40. The summed E-state index contributed by atoms with van der Waals surface area (Å²) in [4.78, 5) is 12.8. The molecular formula is C20H22N2O3S. The van der Waals surface area contributed by atoms with Crippen molar-refractivity contribution >= 4 is 15.9 Å². The third kappa shape index (κ3) is 3.04. The SMILES string of the molecule is O=C1NC2(CCN(S(=O)(=O)c3ccccc3)CC2)C[C@@H]1c1ccccc1. The number of carbonyl (C=O) groups is 1. The van der Waals surface area contributed by atoms with Crippen molar-refractivity contribution in [2.45, 2.75) is 35.6 Å². The number of hydrogen-bond acceptors (Lipinski definition) is 3. The third-order valence-electron chi connectivity index (χ3n) is 5.56. The minimum atomic E-state index is -3.47. The van der Waals surface area contributed by atoms with E-state index in [4.69, 9.17) is 0 Å². The second kappa shape index (κ2) is 6.52. The predicted molar refractivity (Wildman–Crippen MR) is 99.1 cm³/mol. The fourth-order valence-electron chi connectivity index (χ4n) is 4.06. The third-order valence-corrected chi connectivity index (χ3v) is 7.48. The van der Waals surface area contributed by atoms with Crippen molar-refractivity contribution in [3.63, 3.8) is 0 Å². The summed E-state index contributed by atoms with van der Waals surface area (Å²) in [5.41, 5.74) is 0.738. The highest BCUT2D eigenvalue weighted by molar-refractivity contribution is 7.89.